The maximum atomic E-state index is 5.88. The molecule has 1 aromatic carbocycles. The van der Waals surface area contributed by atoms with E-state index in [4.69, 9.17) is 4.52 Å². The van der Waals surface area contributed by atoms with Gasteiger partial charge >= 0.3 is 0 Å². The molecule has 0 N–H and O–H groups in total. The number of nitrogens with zero attached hydrogens (tertiary/aromatic N) is 2. The molecule has 5 rings (SSSR count). The fourth-order valence-electron chi connectivity index (χ4n) is 6.48. The third-order valence-electron chi connectivity index (χ3n) is 8.12. The molecule has 158 valence electrons. The molecule has 0 amide bonds. The number of rotatable bonds is 2. The summed E-state index contributed by atoms with van der Waals surface area (Å²) in [5, 5.41) is 5.68. The van der Waals surface area contributed by atoms with E-state index in [1.54, 1.807) is 0 Å². The molecular weight excluding hydrogens is 356 g/mol. The Morgan fingerprint density at radius 2 is 1.69 bits per heavy atom. The first-order valence-corrected chi connectivity index (χ1v) is 11.7. The van der Waals surface area contributed by atoms with Gasteiger partial charge in [0.15, 0.2) is 5.58 Å². The third-order valence-corrected chi connectivity index (χ3v) is 8.12. The van der Waals surface area contributed by atoms with Crippen LogP contribution in [-0.4, -0.2) is 29.7 Å². The van der Waals surface area contributed by atoms with Crippen LogP contribution in [-0.2, 0) is 18.3 Å². The molecule has 3 heteroatoms. The van der Waals surface area contributed by atoms with Crippen LogP contribution in [0.2, 0.25) is 0 Å². The van der Waals surface area contributed by atoms with Gasteiger partial charge in [0.05, 0.1) is 5.69 Å². The summed E-state index contributed by atoms with van der Waals surface area (Å²) in [6.07, 6.45) is 5.25. The van der Waals surface area contributed by atoms with Crippen molar-refractivity contribution in [2.45, 2.75) is 72.6 Å². The van der Waals surface area contributed by atoms with Crippen molar-refractivity contribution in [3.05, 3.63) is 29.0 Å². The van der Waals surface area contributed by atoms with Gasteiger partial charge in [-0.1, -0.05) is 52.8 Å². The van der Waals surface area contributed by atoms with Crippen molar-refractivity contribution in [2.75, 3.05) is 19.6 Å². The number of hydrogen-bond donors (Lipinski definition) is 0. The number of fused-ring (bicyclic) bond motifs is 4. The average molecular weight is 395 g/mol. The zero-order valence-corrected chi connectivity index (χ0v) is 19.2. The van der Waals surface area contributed by atoms with Gasteiger partial charge in [-0.2, -0.15) is 0 Å². The van der Waals surface area contributed by atoms with Crippen LogP contribution in [0.1, 0.15) is 71.2 Å². The summed E-state index contributed by atoms with van der Waals surface area (Å²) in [7, 11) is 0. The van der Waals surface area contributed by atoms with Crippen LogP contribution >= 0.6 is 0 Å². The minimum absolute atomic E-state index is 0.0236. The van der Waals surface area contributed by atoms with E-state index in [1.165, 1.54) is 55.4 Å². The monoisotopic (exact) mass is 394 g/mol. The Balaban J connectivity index is 1.26. The second-order valence-corrected chi connectivity index (χ2v) is 12.4. The van der Waals surface area contributed by atoms with Gasteiger partial charge in [-0.25, -0.2) is 0 Å². The largest absolute Gasteiger partial charge is 0.356 e. The maximum absolute atomic E-state index is 5.88. The van der Waals surface area contributed by atoms with E-state index in [0.29, 0.717) is 5.41 Å². The molecule has 1 saturated carbocycles. The molecular formula is C26H38N2O. The second-order valence-electron chi connectivity index (χ2n) is 12.4. The number of hydrogen-bond acceptors (Lipinski definition) is 3. The summed E-state index contributed by atoms with van der Waals surface area (Å²) >= 11 is 0. The fraction of sp³-hybridized carbons (Fsp3) is 0.731. The van der Waals surface area contributed by atoms with Crippen LogP contribution in [0.5, 0.6) is 0 Å². The molecule has 3 nitrogen and oxygen atoms in total. The number of aromatic nitrogens is 1. The zero-order chi connectivity index (χ0) is 20.6. The first kappa shape index (κ1) is 19.6. The van der Waals surface area contributed by atoms with E-state index in [1.807, 2.05) is 0 Å². The minimum Gasteiger partial charge on any atom is -0.356 e. The van der Waals surface area contributed by atoms with Crippen molar-refractivity contribution < 1.29 is 4.52 Å². The van der Waals surface area contributed by atoms with Crippen molar-refractivity contribution in [3.63, 3.8) is 0 Å². The summed E-state index contributed by atoms with van der Waals surface area (Å²) < 4.78 is 5.88. The van der Waals surface area contributed by atoms with Crippen molar-refractivity contribution in [1.29, 1.82) is 0 Å². The molecule has 2 aromatic rings. The summed E-state index contributed by atoms with van der Waals surface area (Å²) in [4.78, 5) is 2.78. The highest BCUT2D eigenvalue weighted by Crippen LogP contribution is 2.48. The molecule has 3 atom stereocenters. The molecule has 3 aliphatic rings. The lowest BCUT2D eigenvalue weighted by Gasteiger charge is -2.29. The van der Waals surface area contributed by atoms with Crippen molar-refractivity contribution in [2.24, 2.45) is 29.1 Å². The summed E-state index contributed by atoms with van der Waals surface area (Å²) in [5.74, 6) is 3.54. The summed E-state index contributed by atoms with van der Waals surface area (Å²) in [5.41, 5.74) is 5.58. The Kier molecular flexibility index (Phi) is 4.44. The Morgan fingerprint density at radius 1 is 1.00 bits per heavy atom. The Morgan fingerprint density at radius 3 is 2.31 bits per heavy atom. The van der Waals surface area contributed by atoms with Crippen LogP contribution in [0.4, 0.5) is 0 Å². The highest BCUT2D eigenvalue weighted by atomic mass is 16.5. The van der Waals surface area contributed by atoms with Crippen molar-refractivity contribution in [1.82, 2.24) is 10.1 Å². The van der Waals surface area contributed by atoms with Crippen LogP contribution in [0.25, 0.3) is 11.0 Å². The Bertz CT molecular complexity index is 899. The predicted octanol–water partition coefficient (Wildman–Crippen LogP) is 5.84. The first-order chi connectivity index (χ1) is 13.6. The van der Waals surface area contributed by atoms with Gasteiger partial charge in [0.1, 0.15) is 0 Å². The average Bonchev–Trinajstić information content (AvgIpc) is 3.32. The highest BCUT2D eigenvalue weighted by molar-refractivity contribution is 5.85. The van der Waals surface area contributed by atoms with Gasteiger partial charge in [0.25, 0.3) is 0 Å². The summed E-state index contributed by atoms with van der Waals surface area (Å²) in [6.45, 7) is 17.9. The lowest BCUT2D eigenvalue weighted by molar-refractivity contribution is 0.202. The van der Waals surface area contributed by atoms with Crippen molar-refractivity contribution in [3.8, 4) is 0 Å². The van der Waals surface area contributed by atoms with Crippen LogP contribution in [0.15, 0.2) is 16.7 Å². The van der Waals surface area contributed by atoms with E-state index in [0.717, 1.165) is 41.4 Å². The molecule has 1 saturated heterocycles. The molecule has 0 radical (unpaired) electrons. The first-order valence-electron chi connectivity index (χ1n) is 11.7. The molecule has 29 heavy (non-hydrogen) atoms. The molecule has 0 spiro atoms. The predicted molar refractivity (Wildman–Crippen MR) is 119 cm³/mol. The SMILES string of the molecule is CC(C)(C)c1noc2c3c(ccc12)CC(CN1CC2CC(C(C)(C)C)CC2C1)C3. The Hall–Kier alpha value is -1.35. The molecule has 2 fully saturated rings. The molecule has 0 bridgehead atoms. The quantitative estimate of drug-likeness (QED) is 0.640. The highest BCUT2D eigenvalue weighted by Gasteiger charge is 2.44. The van der Waals surface area contributed by atoms with Gasteiger partial charge < -0.3 is 9.42 Å². The van der Waals surface area contributed by atoms with Crippen LogP contribution in [0, 0.1) is 29.1 Å². The molecule has 2 heterocycles. The normalized spacial score (nSPS) is 30.3. The molecule has 1 aromatic heterocycles. The summed E-state index contributed by atoms with van der Waals surface area (Å²) in [6, 6.07) is 4.59. The van der Waals surface area contributed by atoms with Crippen molar-refractivity contribution >= 4 is 11.0 Å². The van der Waals surface area contributed by atoms with Gasteiger partial charge in [0, 0.05) is 36.0 Å². The topological polar surface area (TPSA) is 29.3 Å². The van der Waals surface area contributed by atoms with E-state index < -0.39 is 0 Å². The number of likely N-dealkylation sites (tertiary alicyclic amines) is 1. The smallest absolute Gasteiger partial charge is 0.170 e. The van der Waals surface area contributed by atoms with E-state index in [-0.39, 0.29) is 5.41 Å². The van der Waals surface area contributed by atoms with Gasteiger partial charge in [-0.3, -0.25) is 0 Å². The van der Waals surface area contributed by atoms with E-state index >= 15 is 0 Å². The lowest BCUT2D eigenvalue weighted by atomic mass is 9.79. The fourth-order valence-corrected chi connectivity index (χ4v) is 6.48. The minimum atomic E-state index is 0.0236. The van der Waals surface area contributed by atoms with Crippen LogP contribution in [0.3, 0.4) is 0 Å². The second kappa shape index (κ2) is 6.57. The van der Waals surface area contributed by atoms with Gasteiger partial charge in [-0.15, -0.1) is 0 Å². The molecule has 1 aliphatic heterocycles. The molecule has 2 aliphatic carbocycles. The standard InChI is InChI=1S/C26H38N2O/c1-25(2,3)20-11-18-14-28(15-19(18)12-20)13-16-9-17-7-8-21-23(22(17)10-16)29-27-24(21)26(4,5)6/h7-8,16,18-20H,9-15H2,1-6H3. The van der Waals surface area contributed by atoms with E-state index in [2.05, 4.69) is 63.7 Å². The van der Waals surface area contributed by atoms with Gasteiger partial charge in [-0.05, 0) is 66.4 Å². The zero-order valence-electron chi connectivity index (χ0n) is 19.2. The maximum Gasteiger partial charge on any atom is 0.170 e. The van der Waals surface area contributed by atoms with Gasteiger partial charge in [0.2, 0.25) is 0 Å². The Labute approximate surface area is 176 Å². The molecule has 3 unspecified atom stereocenters. The van der Waals surface area contributed by atoms with Crippen LogP contribution < -0.4 is 0 Å². The number of benzene rings is 1. The van der Waals surface area contributed by atoms with E-state index in [9.17, 15) is 0 Å². The lowest BCUT2D eigenvalue weighted by Crippen LogP contribution is -2.30. The third kappa shape index (κ3) is 3.44.